The Labute approximate surface area is 168 Å². The third-order valence-corrected chi connectivity index (χ3v) is 6.77. The van der Waals surface area contributed by atoms with Crippen molar-refractivity contribution >= 4 is 11.9 Å². The zero-order chi connectivity index (χ0) is 19.3. The Hall–Kier alpha value is -2.04. The van der Waals surface area contributed by atoms with Crippen LogP contribution in [0.3, 0.4) is 0 Å². The van der Waals surface area contributed by atoms with E-state index >= 15 is 0 Å². The lowest BCUT2D eigenvalue weighted by Gasteiger charge is -2.35. The van der Waals surface area contributed by atoms with Gasteiger partial charge in [0.1, 0.15) is 0 Å². The summed E-state index contributed by atoms with van der Waals surface area (Å²) < 4.78 is 0. The van der Waals surface area contributed by atoms with E-state index in [0.717, 1.165) is 58.0 Å². The zero-order valence-electron chi connectivity index (χ0n) is 16.8. The number of carbonyl (C=O) groups is 2. The fraction of sp³-hybridized carbons (Fsp3) is 0.652. The summed E-state index contributed by atoms with van der Waals surface area (Å²) in [5.41, 5.74) is 2.64. The fourth-order valence-corrected chi connectivity index (χ4v) is 5.05. The molecule has 3 amide bonds. The van der Waals surface area contributed by atoms with Crippen molar-refractivity contribution in [1.82, 2.24) is 15.5 Å². The minimum absolute atomic E-state index is 0.0405. The van der Waals surface area contributed by atoms with Crippen LogP contribution in [0.1, 0.15) is 75.0 Å². The Morgan fingerprint density at radius 3 is 2.39 bits per heavy atom. The maximum Gasteiger partial charge on any atom is 0.317 e. The number of hydrogen-bond donors (Lipinski definition) is 2. The van der Waals surface area contributed by atoms with E-state index < -0.39 is 0 Å². The van der Waals surface area contributed by atoms with Crippen LogP contribution < -0.4 is 10.6 Å². The molecule has 0 radical (unpaired) electrons. The topological polar surface area (TPSA) is 61.4 Å². The van der Waals surface area contributed by atoms with Gasteiger partial charge in [-0.2, -0.15) is 0 Å². The number of piperidine rings is 1. The van der Waals surface area contributed by atoms with Gasteiger partial charge in [-0.05, 0) is 56.1 Å². The summed E-state index contributed by atoms with van der Waals surface area (Å²) >= 11 is 0. The molecule has 2 fully saturated rings. The van der Waals surface area contributed by atoms with Crippen molar-refractivity contribution in [1.29, 1.82) is 0 Å². The Balaban J connectivity index is 1.25. The second-order valence-electron chi connectivity index (χ2n) is 8.70. The number of rotatable bonds is 3. The van der Waals surface area contributed by atoms with Gasteiger partial charge in [0.25, 0.3) is 0 Å². The van der Waals surface area contributed by atoms with Crippen LogP contribution in [0, 0.1) is 5.92 Å². The van der Waals surface area contributed by atoms with Crippen LogP contribution in [0.15, 0.2) is 24.3 Å². The molecule has 0 aromatic heterocycles. The zero-order valence-corrected chi connectivity index (χ0v) is 16.8. The predicted molar refractivity (Wildman–Crippen MR) is 110 cm³/mol. The molecule has 4 rings (SSSR count). The first-order valence-electron chi connectivity index (χ1n) is 11.1. The Kier molecular flexibility index (Phi) is 6.18. The second-order valence-corrected chi connectivity index (χ2v) is 8.70. The molecule has 1 heterocycles. The highest BCUT2D eigenvalue weighted by Crippen LogP contribution is 2.30. The fourth-order valence-electron chi connectivity index (χ4n) is 5.05. The van der Waals surface area contributed by atoms with Crippen LogP contribution in [0.4, 0.5) is 4.79 Å². The maximum absolute atomic E-state index is 12.8. The molecular weight excluding hydrogens is 350 g/mol. The Morgan fingerprint density at radius 2 is 1.61 bits per heavy atom. The van der Waals surface area contributed by atoms with E-state index in [9.17, 15) is 9.59 Å². The van der Waals surface area contributed by atoms with E-state index in [2.05, 4.69) is 34.9 Å². The molecule has 5 heteroatoms. The summed E-state index contributed by atoms with van der Waals surface area (Å²) in [7, 11) is 0. The average molecular weight is 384 g/mol. The molecule has 152 valence electrons. The van der Waals surface area contributed by atoms with E-state index in [-0.39, 0.29) is 29.9 Å². The van der Waals surface area contributed by atoms with Crippen LogP contribution in [0.25, 0.3) is 0 Å². The minimum Gasteiger partial charge on any atom is -0.353 e. The maximum atomic E-state index is 12.8. The van der Waals surface area contributed by atoms with Crippen molar-refractivity contribution < 1.29 is 9.59 Å². The normalized spacial score (nSPS) is 23.7. The van der Waals surface area contributed by atoms with Gasteiger partial charge in [0.05, 0.1) is 6.04 Å². The van der Waals surface area contributed by atoms with Gasteiger partial charge in [0, 0.05) is 25.0 Å². The van der Waals surface area contributed by atoms with Gasteiger partial charge in [-0.25, -0.2) is 4.79 Å². The molecule has 1 unspecified atom stereocenters. The van der Waals surface area contributed by atoms with E-state index in [4.69, 9.17) is 0 Å². The number of nitrogens with zero attached hydrogens (tertiary/aromatic N) is 1. The van der Waals surface area contributed by atoms with Crippen molar-refractivity contribution in [2.45, 2.75) is 76.3 Å². The van der Waals surface area contributed by atoms with Crippen LogP contribution in [-0.4, -0.2) is 36.0 Å². The summed E-state index contributed by atoms with van der Waals surface area (Å²) in [4.78, 5) is 27.2. The highest BCUT2D eigenvalue weighted by atomic mass is 16.2. The molecule has 1 aromatic carbocycles. The third-order valence-electron chi connectivity index (χ3n) is 6.77. The molecule has 1 atom stereocenters. The first-order valence-corrected chi connectivity index (χ1v) is 11.1. The number of hydrogen-bond acceptors (Lipinski definition) is 2. The second kappa shape index (κ2) is 8.97. The summed E-state index contributed by atoms with van der Waals surface area (Å²) in [6, 6.07) is 8.84. The molecule has 1 saturated carbocycles. The molecule has 1 aliphatic heterocycles. The molecule has 28 heavy (non-hydrogen) atoms. The van der Waals surface area contributed by atoms with Crippen molar-refractivity contribution in [3.05, 3.63) is 35.4 Å². The smallest absolute Gasteiger partial charge is 0.317 e. The van der Waals surface area contributed by atoms with E-state index in [0.29, 0.717) is 0 Å². The number of carbonyl (C=O) groups excluding carboxylic acids is 2. The Bertz CT molecular complexity index is 691. The van der Waals surface area contributed by atoms with Crippen LogP contribution >= 0.6 is 0 Å². The van der Waals surface area contributed by atoms with Gasteiger partial charge in [-0.1, -0.05) is 43.5 Å². The lowest BCUT2D eigenvalue weighted by molar-refractivity contribution is -0.126. The molecule has 0 spiro atoms. The summed E-state index contributed by atoms with van der Waals surface area (Å²) in [5, 5.41) is 6.50. The van der Waals surface area contributed by atoms with Crippen LogP contribution in [0.2, 0.25) is 0 Å². The molecule has 3 aliphatic rings. The number of benzene rings is 1. The first kappa shape index (κ1) is 19.3. The molecular formula is C23H33N3O2. The highest BCUT2D eigenvalue weighted by Gasteiger charge is 2.29. The number of likely N-dealkylation sites (tertiary alicyclic amines) is 1. The van der Waals surface area contributed by atoms with Crippen molar-refractivity contribution in [2.75, 3.05) is 13.1 Å². The van der Waals surface area contributed by atoms with Gasteiger partial charge in [-0.15, -0.1) is 0 Å². The summed E-state index contributed by atoms with van der Waals surface area (Å²) in [6.07, 6.45) is 10.7. The molecule has 5 nitrogen and oxygen atoms in total. The number of fused-ring (bicyclic) bond motifs is 1. The van der Waals surface area contributed by atoms with E-state index in [1.54, 1.807) is 0 Å². The van der Waals surface area contributed by atoms with Gasteiger partial charge < -0.3 is 15.5 Å². The van der Waals surface area contributed by atoms with Gasteiger partial charge in [0.2, 0.25) is 5.91 Å². The molecule has 0 bridgehead atoms. The Morgan fingerprint density at radius 1 is 0.857 bits per heavy atom. The first-order chi connectivity index (χ1) is 13.7. The third kappa shape index (κ3) is 4.50. The SMILES string of the molecule is O=C(NC1CCN(C(=O)NC2CCCc3ccccc32)CC1)C1CCCCC1. The van der Waals surface area contributed by atoms with Crippen molar-refractivity contribution in [3.63, 3.8) is 0 Å². The summed E-state index contributed by atoms with van der Waals surface area (Å²) in [5.74, 6) is 0.447. The van der Waals surface area contributed by atoms with Gasteiger partial charge in [0.15, 0.2) is 0 Å². The summed E-state index contributed by atoms with van der Waals surface area (Å²) in [6.45, 7) is 1.44. The molecule has 1 aromatic rings. The number of urea groups is 1. The van der Waals surface area contributed by atoms with E-state index in [1.165, 1.54) is 30.4 Å². The van der Waals surface area contributed by atoms with Crippen LogP contribution in [-0.2, 0) is 11.2 Å². The molecule has 2 N–H and O–H groups in total. The van der Waals surface area contributed by atoms with Gasteiger partial charge >= 0.3 is 6.03 Å². The largest absolute Gasteiger partial charge is 0.353 e. The lowest BCUT2D eigenvalue weighted by Crippen LogP contribution is -2.51. The lowest BCUT2D eigenvalue weighted by atomic mass is 9.88. The number of nitrogens with one attached hydrogen (secondary N) is 2. The highest BCUT2D eigenvalue weighted by molar-refractivity contribution is 5.79. The molecule has 1 saturated heterocycles. The monoisotopic (exact) mass is 383 g/mol. The van der Waals surface area contributed by atoms with Crippen molar-refractivity contribution in [3.8, 4) is 0 Å². The standard InChI is InChI=1S/C23H33N3O2/c27-22(18-8-2-1-3-9-18)24-19-13-15-26(16-14-19)23(28)25-21-12-6-10-17-7-4-5-11-20(17)21/h4-5,7,11,18-19,21H,1-3,6,8-10,12-16H2,(H,24,27)(H,25,28). The minimum atomic E-state index is 0.0405. The van der Waals surface area contributed by atoms with Crippen LogP contribution in [0.5, 0.6) is 0 Å². The number of amides is 3. The van der Waals surface area contributed by atoms with Crippen molar-refractivity contribution in [2.24, 2.45) is 5.92 Å². The van der Waals surface area contributed by atoms with Gasteiger partial charge in [-0.3, -0.25) is 4.79 Å². The molecule has 2 aliphatic carbocycles. The predicted octanol–water partition coefficient (Wildman–Crippen LogP) is 3.93. The average Bonchev–Trinajstić information content (AvgIpc) is 2.75. The number of aryl methyl sites for hydroxylation is 1. The van der Waals surface area contributed by atoms with E-state index in [1.807, 2.05) is 4.90 Å². The quantitative estimate of drug-likeness (QED) is 0.831.